The lowest BCUT2D eigenvalue weighted by Gasteiger charge is -2.13. The minimum Gasteiger partial charge on any atom is -0.494 e. The zero-order chi connectivity index (χ0) is 18.4. The maximum Gasteiger partial charge on any atom is 0.226 e. The van der Waals surface area contributed by atoms with Crippen molar-refractivity contribution in [3.63, 3.8) is 0 Å². The molecule has 0 fully saturated rings. The van der Waals surface area contributed by atoms with E-state index in [4.69, 9.17) is 4.74 Å². The second-order valence-electron chi connectivity index (χ2n) is 5.85. The van der Waals surface area contributed by atoms with Crippen LogP contribution in [0.15, 0.2) is 54.2 Å². The van der Waals surface area contributed by atoms with Crippen LogP contribution in [0.3, 0.4) is 0 Å². The summed E-state index contributed by atoms with van der Waals surface area (Å²) in [4.78, 5) is 20.9. The minimum atomic E-state index is -0.0604. The van der Waals surface area contributed by atoms with Crippen molar-refractivity contribution in [2.45, 2.75) is 26.3 Å². The van der Waals surface area contributed by atoms with Crippen LogP contribution in [0.1, 0.15) is 31.1 Å². The van der Waals surface area contributed by atoms with E-state index in [1.807, 2.05) is 55.6 Å². The first-order valence-corrected chi connectivity index (χ1v) is 9.40. The number of hydrogen-bond donors (Lipinski definition) is 1. The van der Waals surface area contributed by atoms with E-state index in [-0.39, 0.29) is 18.4 Å². The van der Waals surface area contributed by atoms with Gasteiger partial charge in [-0.05, 0) is 55.8 Å². The summed E-state index contributed by atoms with van der Waals surface area (Å²) < 4.78 is 5.45. The number of thiazole rings is 1. The van der Waals surface area contributed by atoms with E-state index in [0.717, 1.165) is 27.6 Å². The third-order valence-electron chi connectivity index (χ3n) is 3.89. The van der Waals surface area contributed by atoms with Crippen LogP contribution in [0.2, 0.25) is 0 Å². The van der Waals surface area contributed by atoms with Gasteiger partial charge in [-0.3, -0.25) is 9.78 Å². The summed E-state index contributed by atoms with van der Waals surface area (Å²) in [6.45, 7) is 4.56. The summed E-state index contributed by atoms with van der Waals surface area (Å²) in [7, 11) is 0. The zero-order valence-electron chi connectivity index (χ0n) is 14.8. The molecule has 1 atom stereocenters. The van der Waals surface area contributed by atoms with Crippen molar-refractivity contribution < 1.29 is 9.53 Å². The van der Waals surface area contributed by atoms with Crippen molar-refractivity contribution >= 4 is 17.2 Å². The average Bonchev–Trinajstić information content (AvgIpc) is 3.11. The van der Waals surface area contributed by atoms with Crippen molar-refractivity contribution in [2.24, 2.45) is 0 Å². The highest BCUT2D eigenvalue weighted by atomic mass is 32.1. The van der Waals surface area contributed by atoms with Gasteiger partial charge in [0.1, 0.15) is 10.8 Å². The highest BCUT2D eigenvalue weighted by molar-refractivity contribution is 7.13. The molecule has 1 N–H and O–H groups in total. The number of nitrogens with zero attached hydrogens (tertiary/aromatic N) is 2. The number of pyridine rings is 1. The van der Waals surface area contributed by atoms with Gasteiger partial charge in [-0.25, -0.2) is 4.98 Å². The fourth-order valence-electron chi connectivity index (χ4n) is 2.57. The first-order valence-electron chi connectivity index (χ1n) is 8.52. The van der Waals surface area contributed by atoms with Crippen LogP contribution in [0.4, 0.5) is 0 Å². The fourth-order valence-corrected chi connectivity index (χ4v) is 3.40. The predicted molar refractivity (Wildman–Crippen MR) is 103 cm³/mol. The monoisotopic (exact) mass is 367 g/mol. The van der Waals surface area contributed by atoms with E-state index in [1.165, 1.54) is 11.3 Å². The van der Waals surface area contributed by atoms with E-state index in [1.54, 1.807) is 12.4 Å². The Morgan fingerprint density at radius 3 is 2.62 bits per heavy atom. The maximum atomic E-state index is 12.3. The van der Waals surface area contributed by atoms with Gasteiger partial charge in [0.15, 0.2) is 0 Å². The van der Waals surface area contributed by atoms with Crippen molar-refractivity contribution in [3.05, 3.63) is 65.4 Å². The van der Waals surface area contributed by atoms with E-state index in [0.29, 0.717) is 6.61 Å². The third kappa shape index (κ3) is 4.67. The van der Waals surface area contributed by atoms with Gasteiger partial charge >= 0.3 is 0 Å². The Hall–Kier alpha value is -2.73. The first kappa shape index (κ1) is 18.1. The van der Waals surface area contributed by atoms with Crippen LogP contribution in [-0.4, -0.2) is 22.5 Å². The lowest BCUT2D eigenvalue weighted by molar-refractivity contribution is -0.121. The van der Waals surface area contributed by atoms with Gasteiger partial charge in [-0.15, -0.1) is 11.3 Å². The summed E-state index contributed by atoms with van der Waals surface area (Å²) in [5, 5.41) is 5.83. The third-order valence-corrected chi connectivity index (χ3v) is 4.83. The minimum absolute atomic E-state index is 0.0437. The molecule has 5 nitrogen and oxygen atoms in total. The number of carbonyl (C=O) groups excluding carboxylic acids is 1. The molecule has 26 heavy (non-hydrogen) atoms. The molecule has 0 bridgehead atoms. The van der Waals surface area contributed by atoms with Gasteiger partial charge in [-0.1, -0.05) is 0 Å². The Labute approximate surface area is 157 Å². The second kappa shape index (κ2) is 8.58. The van der Waals surface area contributed by atoms with E-state index in [2.05, 4.69) is 15.3 Å². The molecule has 134 valence electrons. The van der Waals surface area contributed by atoms with Gasteiger partial charge in [0, 0.05) is 23.3 Å². The van der Waals surface area contributed by atoms with Crippen molar-refractivity contribution in [1.29, 1.82) is 0 Å². The summed E-state index contributed by atoms with van der Waals surface area (Å²) in [6, 6.07) is 11.6. The molecule has 6 heteroatoms. The van der Waals surface area contributed by atoms with E-state index < -0.39 is 0 Å². The lowest BCUT2D eigenvalue weighted by Crippen LogP contribution is -2.28. The summed E-state index contributed by atoms with van der Waals surface area (Å²) in [6.07, 6.45) is 3.71. The van der Waals surface area contributed by atoms with Gasteiger partial charge in [0.25, 0.3) is 0 Å². The quantitative estimate of drug-likeness (QED) is 0.685. The highest BCUT2D eigenvalue weighted by Gasteiger charge is 2.12. The zero-order valence-corrected chi connectivity index (χ0v) is 15.6. The van der Waals surface area contributed by atoms with Crippen molar-refractivity contribution in [3.8, 4) is 16.3 Å². The van der Waals surface area contributed by atoms with Gasteiger partial charge < -0.3 is 10.1 Å². The van der Waals surface area contributed by atoms with Crippen LogP contribution >= 0.6 is 11.3 Å². The molecule has 0 radical (unpaired) electrons. The summed E-state index contributed by atoms with van der Waals surface area (Å²) in [5.41, 5.74) is 2.83. The summed E-state index contributed by atoms with van der Waals surface area (Å²) in [5.74, 6) is 0.801. The molecule has 3 aromatic rings. The molecule has 0 aliphatic heterocycles. The highest BCUT2D eigenvalue weighted by Crippen LogP contribution is 2.26. The SMILES string of the molecule is CCOc1ccc(-c2nc(CC(=O)NC(C)c3ccncc3)cs2)cc1. The maximum absolute atomic E-state index is 12.3. The molecule has 0 aliphatic carbocycles. The molecule has 2 aromatic heterocycles. The van der Waals surface area contributed by atoms with Gasteiger partial charge in [0.05, 0.1) is 24.8 Å². The predicted octanol–water partition coefficient (Wildman–Crippen LogP) is 4.02. The Kier molecular flexibility index (Phi) is 5.96. The molecular weight excluding hydrogens is 346 g/mol. The first-order chi connectivity index (χ1) is 12.7. The largest absolute Gasteiger partial charge is 0.494 e. The summed E-state index contributed by atoms with van der Waals surface area (Å²) >= 11 is 1.54. The number of benzene rings is 1. The van der Waals surface area contributed by atoms with Crippen LogP contribution in [0.5, 0.6) is 5.75 Å². The molecule has 1 aromatic carbocycles. The second-order valence-corrected chi connectivity index (χ2v) is 6.71. The molecule has 0 aliphatic rings. The van der Waals surface area contributed by atoms with Crippen LogP contribution in [0.25, 0.3) is 10.6 Å². The van der Waals surface area contributed by atoms with Gasteiger partial charge in [-0.2, -0.15) is 0 Å². The Balaban J connectivity index is 1.60. The number of aromatic nitrogens is 2. The average molecular weight is 367 g/mol. The molecule has 2 heterocycles. The van der Waals surface area contributed by atoms with Gasteiger partial charge in [0.2, 0.25) is 5.91 Å². The Morgan fingerprint density at radius 1 is 1.19 bits per heavy atom. The molecule has 3 rings (SSSR count). The topological polar surface area (TPSA) is 64.1 Å². The molecule has 1 amide bonds. The lowest BCUT2D eigenvalue weighted by atomic mass is 10.1. The Morgan fingerprint density at radius 2 is 1.92 bits per heavy atom. The standard InChI is InChI=1S/C20H21N3O2S/c1-3-25-18-6-4-16(5-7-18)20-23-17(13-26-20)12-19(24)22-14(2)15-8-10-21-11-9-15/h4-11,13-14H,3,12H2,1-2H3,(H,22,24). The molecule has 0 spiro atoms. The fraction of sp³-hybridized carbons (Fsp3) is 0.250. The molecular formula is C20H21N3O2S. The number of rotatable bonds is 7. The molecule has 1 unspecified atom stereocenters. The number of nitrogens with one attached hydrogen (secondary N) is 1. The van der Waals surface area contributed by atoms with E-state index >= 15 is 0 Å². The number of carbonyl (C=O) groups is 1. The van der Waals surface area contributed by atoms with E-state index in [9.17, 15) is 4.79 Å². The Bertz CT molecular complexity index is 847. The number of amides is 1. The normalized spacial score (nSPS) is 11.8. The van der Waals surface area contributed by atoms with Crippen LogP contribution < -0.4 is 10.1 Å². The molecule has 0 saturated heterocycles. The smallest absolute Gasteiger partial charge is 0.226 e. The molecule has 0 saturated carbocycles. The van der Waals surface area contributed by atoms with Crippen LogP contribution in [0, 0.1) is 0 Å². The number of ether oxygens (including phenoxy) is 1. The van der Waals surface area contributed by atoms with Crippen LogP contribution in [-0.2, 0) is 11.2 Å². The number of hydrogen-bond acceptors (Lipinski definition) is 5. The van der Waals surface area contributed by atoms with Crippen molar-refractivity contribution in [2.75, 3.05) is 6.61 Å². The van der Waals surface area contributed by atoms with Crippen molar-refractivity contribution in [1.82, 2.24) is 15.3 Å².